The number of benzene rings is 2. The van der Waals surface area contributed by atoms with Crippen LogP contribution in [0.4, 0.5) is 5.69 Å². The Morgan fingerprint density at radius 1 is 0.966 bits per heavy atom. The smallest absolute Gasteiger partial charge is 0.315 e. The molecule has 5 nitrogen and oxygen atoms in total. The Morgan fingerprint density at radius 3 is 1.97 bits per heavy atom. The van der Waals surface area contributed by atoms with E-state index in [9.17, 15) is 4.79 Å². The predicted octanol–water partition coefficient (Wildman–Crippen LogP) is 6.85. The molecule has 2 aromatic carbocycles. The second-order valence-corrected chi connectivity index (χ2v) is 5.52. The first-order chi connectivity index (χ1) is 14.0. The second kappa shape index (κ2) is 17.6. The van der Waals surface area contributed by atoms with E-state index >= 15 is 0 Å². The molecule has 0 unspecified atom stereocenters. The first-order valence-electron chi connectivity index (χ1n) is 10.4. The van der Waals surface area contributed by atoms with Crippen LogP contribution in [0.1, 0.15) is 72.4 Å². The number of esters is 1. The summed E-state index contributed by atoms with van der Waals surface area (Å²) in [7, 11) is 1.59. The molecule has 0 spiro atoms. The molecule has 0 heterocycles. The largest absolute Gasteiger partial charge is 0.497 e. The number of hydrogen-bond acceptors (Lipinski definition) is 5. The van der Waals surface area contributed by atoms with Crippen molar-refractivity contribution in [1.82, 2.24) is 0 Å². The van der Waals surface area contributed by atoms with Gasteiger partial charge in [-0.1, -0.05) is 73.6 Å². The monoisotopic (exact) mass is 405 g/mol. The molecule has 0 amide bonds. The van der Waals surface area contributed by atoms with Crippen LogP contribution in [0.25, 0.3) is 0 Å². The molecular weight excluding hydrogens is 366 g/mol. The van der Waals surface area contributed by atoms with E-state index in [0.29, 0.717) is 17.4 Å². The summed E-state index contributed by atoms with van der Waals surface area (Å²) in [6.45, 7) is 16.1. The van der Waals surface area contributed by atoms with Gasteiger partial charge in [-0.15, -0.1) is 0 Å². The predicted molar refractivity (Wildman–Crippen MR) is 122 cm³/mol. The molecule has 0 bridgehead atoms. The van der Waals surface area contributed by atoms with Gasteiger partial charge in [0, 0.05) is 0 Å². The Morgan fingerprint density at radius 2 is 1.52 bits per heavy atom. The number of hydrogen-bond donors (Lipinski definition) is 2. The summed E-state index contributed by atoms with van der Waals surface area (Å²) < 4.78 is 10.5. The summed E-state index contributed by atoms with van der Waals surface area (Å²) in [5, 5.41) is 9.15. The minimum absolute atomic E-state index is 0.140. The Kier molecular flexibility index (Phi) is 17.4. The van der Waals surface area contributed by atoms with E-state index in [2.05, 4.69) is 5.48 Å². The molecule has 164 valence electrons. The molecule has 0 aliphatic carbocycles. The standard InChI is InChI=1S/C18H21NO4.3C2H6/c1-12(2)14-6-9-16(19-21)17(11-14)23-18(20)10-13-4-7-15(22-3)8-5-13;3*1-2/h4-9,11-12,19,21H,10H2,1-3H3;3*1-2H3. The molecule has 0 fully saturated rings. The normalized spacial score (nSPS) is 8.93. The Labute approximate surface area is 177 Å². The zero-order chi connectivity index (χ0) is 22.8. The lowest BCUT2D eigenvalue weighted by molar-refractivity contribution is -0.133. The van der Waals surface area contributed by atoms with E-state index in [1.165, 1.54) is 0 Å². The van der Waals surface area contributed by atoms with Gasteiger partial charge in [-0.05, 0) is 41.3 Å². The third kappa shape index (κ3) is 10.5. The van der Waals surface area contributed by atoms with Gasteiger partial charge < -0.3 is 9.47 Å². The van der Waals surface area contributed by atoms with Crippen molar-refractivity contribution < 1.29 is 19.5 Å². The zero-order valence-electron chi connectivity index (χ0n) is 19.5. The second-order valence-electron chi connectivity index (χ2n) is 5.52. The molecule has 29 heavy (non-hydrogen) atoms. The lowest BCUT2D eigenvalue weighted by atomic mass is 10.0. The Hall–Kier alpha value is -2.53. The van der Waals surface area contributed by atoms with Crippen LogP contribution in [0.3, 0.4) is 0 Å². The molecule has 2 rings (SSSR count). The van der Waals surface area contributed by atoms with Gasteiger partial charge in [0.05, 0.1) is 13.5 Å². The lowest BCUT2D eigenvalue weighted by Crippen LogP contribution is -2.12. The topological polar surface area (TPSA) is 67.8 Å². The van der Waals surface area contributed by atoms with Crippen molar-refractivity contribution in [3.05, 3.63) is 53.6 Å². The fraction of sp³-hybridized carbons (Fsp3) is 0.458. The SMILES string of the molecule is CC.CC.CC.COc1ccc(CC(=O)Oc2cc(C(C)C)ccc2NO)cc1. The molecule has 0 saturated heterocycles. The highest BCUT2D eigenvalue weighted by Gasteiger charge is 2.12. The fourth-order valence-electron chi connectivity index (χ4n) is 2.14. The molecule has 2 N–H and O–H groups in total. The summed E-state index contributed by atoms with van der Waals surface area (Å²) in [4.78, 5) is 12.1. The average Bonchev–Trinajstić information content (AvgIpc) is 2.78. The minimum Gasteiger partial charge on any atom is -0.497 e. The molecule has 0 saturated carbocycles. The van der Waals surface area contributed by atoms with E-state index in [1.54, 1.807) is 31.4 Å². The number of ether oxygens (including phenoxy) is 2. The van der Waals surface area contributed by atoms with Crippen molar-refractivity contribution in [2.75, 3.05) is 12.6 Å². The van der Waals surface area contributed by atoms with Gasteiger partial charge in [0.1, 0.15) is 11.4 Å². The molecule has 0 radical (unpaired) electrons. The van der Waals surface area contributed by atoms with Gasteiger partial charge in [-0.3, -0.25) is 15.5 Å². The number of carbonyl (C=O) groups excluding carboxylic acids is 1. The Bertz CT molecular complexity index is 667. The number of rotatable bonds is 6. The fourth-order valence-corrected chi connectivity index (χ4v) is 2.14. The molecule has 5 heteroatoms. The van der Waals surface area contributed by atoms with Crippen LogP contribution in [0.5, 0.6) is 11.5 Å². The number of anilines is 1. The first kappa shape index (κ1) is 28.7. The van der Waals surface area contributed by atoms with Crippen molar-refractivity contribution in [1.29, 1.82) is 0 Å². The van der Waals surface area contributed by atoms with Gasteiger partial charge in [0.25, 0.3) is 0 Å². The van der Waals surface area contributed by atoms with Crippen LogP contribution < -0.4 is 15.0 Å². The van der Waals surface area contributed by atoms with Gasteiger partial charge in [0.2, 0.25) is 0 Å². The van der Waals surface area contributed by atoms with E-state index < -0.39 is 5.97 Å². The van der Waals surface area contributed by atoms with E-state index in [4.69, 9.17) is 14.7 Å². The maximum Gasteiger partial charge on any atom is 0.315 e. The van der Waals surface area contributed by atoms with Crippen LogP contribution in [-0.2, 0) is 11.2 Å². The highest BCUT2D eigenvalue weighted by atomic mass is 16.5. The number of methoxy groups -OCH3 is 1. The summed E-state index contributed by atoms with van der Waals surface area (Å²) in [6.07, 6.45) is 0.140. The van der Waals surface area contributed by atoms with Crippen LogP contribution >= 0.6 is 0 Å². The average molecular weight is 406 g/mol. The summed E-state index contributed by atoms with van der Waals surface area (Å²) in [6, 6.07) is 12.5. The van der Waals surface area contributed by atoms with Crippen LogP contribution in [0, 0.1) is 0 Å². The van der Waals surface area contributed by atoms with Crippen molar-refractivity contribution in [2.45, 2.75) is 67.7 Å². The van der Waals surface area contributed by atoms with Gasteiger partial charge in [-0.25, -0.2) is 0 Å². The van der Waals surface area contributed by atoms with Crippen LogP contribution in [-0.4, -0.2) is 18.3 Å². The molecule has 0 aromatic heterocycles. The molecular formula is C24H39NO4. The van der Waals surface area contributed by atoms with Crippen LogP contribution in [0.15, 0.2) is 42.5 Å². The highest BCUT2D eigenvalue weighted by Crippen LogP contribution is 2.29. The number of carbonyl (C=O) groups is 1. The van der Waals surface area contributed by atoms with Gasteiger partial charge in [-0.2, -0.15) is 0 Å². The summed E-state index contributed by atoms with van der Waals surface area (Å²) >= 11 is 0. The van der Waals surface area contributed by atoms with Gasteiger partial charge in [0.15, 0.2) is 5.75 Å². The first-order valence-corrected chi connectivity index (χ1v) is 10.4. The van der Waals surface area contributed by atoms with E-state index in [0.717, 1.165) is 16.9 Å². The molecule has 0 aliphatic rings. The summed E-state index contributed by atoms with van der Waals surface area (Å²) in [5.74, 6) is 0.949. The van der Waals surface area contributed by atoms with Crippen molar-refractivity contribution in [2.24, 2.45) is 0 Å². The molecule has 0 aliphatic heterocycles. The van der Waals surface area contributed by atoms with Crippen molar-refractivity contribution >= 4 is 11.7 Å². The third-order valence-electron chi connectivity index (χ3n) is 3.52. The van der Waals surface area contributed by atoms with Crippen LogP contribution in [0.2, 0.25) is 0 Å². The van der Waals surface area contributed by atoms with Gasteiger partial charge >= 0.3 is 5.97 Å². The van der Waals surface area contributed by atoms with Crippen molar-refractivity contribution in [3.8, 4) is 11.5 Å². The zero-order valence-corrected chi connectivity index (χ0v) is 19.5. The lowest BCUT2D eigenvalue weighted by Gasteiger charge is -2.13. The van der Waals surface area contributed by atoms with Crippen molar-refractivity contribution in [3.63, 3.8) is 0 Å². The van der Waals surface area contributed by atoms with E-state index in [1.807, 2.05) is 73.6 Å². The molecule has 2 aromatic rings. The third-order valence-corrected chi connectivity index (χ3v) is 3.52. The maximum absolute atomic E-state index is 12.1. The molecule has 0 atom stereocenters. The Balaban J connectivity index is 0. The highest BCUT2D eigenvalue weighted by molar-refractivity contribution is 5.77. The quantitative estimate of drug-likeness (QED) is 0.312. The summed E-state index contributed by atoms with van der Waals surface area (Å²) in [5.41, 5.74) is 4.26. The minimum atomic E-state index is -0.396. The van der Waals surface area contributed by atoms with E-state index in [-0.39, 0.29) is 6.42 Å². The maximum atomic E-state index is 12.1. The number of nitrogens with one attached hydrogen (secondary N) is 1.